The molecule has 1 aromatic carbocycles. The fourth-order valence-corrected chi connectivity index (χ4v) is 4.03. The second-order valence-corrected chi connectivity index (χ2v) is 10.2. The van der Waals surface area contributed by atoms with Gasteiger partial charge >= 0.3 is 5.97 Å². The third-order valence-corrected chi connectivity index (χ3v) is 6.33. The Kier molecular flexibility index (Phi) is 14.8. The fraction of sp³-hybridized carbons (Fsp3) is 0.560. The van der Waals surface area contributed by atoms with Crippen LogP contribution in [0.5, 0.6) is 0 Å². The number of benzene rings is 1. The molecule has 0 radical (unpaired) electrons. The van der Waals surface area contributed by atoms with Gasteiger partial charge in [-0.25, -0.2) is 4.79 Å². The molecule has 212 valence electrons. The molecule has 13 heteroatoms. The molecular formula is C25H41N7O5S. The van der Waals surface area contributed by atoms with Gasteiger partial charge in [0.1, 0.15) is 18.1 Å². The number of rotatable bonds is 17. The van der Waals surface area contributed by atoms with Gasteiger partial charge in [-0.3, -0.25) is 19.4 Å². The van der Waals surface area contributed by atoms with Crippen molar-refractivity contribution in [3.63, 3.8) is 0 Å². The van der Waals surface area contributed by atoms with E-state index in [0.717, 1.165) is 5.56 Å². The number of hydrogen-bond donors (Lipinski definition) is 7. The topological polar surface area (TPSA) is 215 Å². The molecule has 4 unspecified atom stereocenters. The molecule has 1 rings (SSSR count). The van der Waals surface area contributed by atoms with Crippen LogP contribution in [0.15, 0.2) is 35.3 Å². The van der Waals surface area contributed by atoms with Crippen molar-refractivity contribution >= 4 is 41.4 Å². The first-order chi connectivity index (χ1) is 18.0. The number of nitrogens with two attached hydrogens (primary N) is 3. The maximum absolute atomic E-state index is 13.2. The van der Waals surface area contributed by atoms with Crippen molar-refractivity contribution in [1.29, 1.82) is 0 Å². The third kappa shape index (κ3) is 12.3. The number of amides is 3. The van der Waals surface area contributed by atoms with Crippen LogP contribution >= 0.6 is 11.8 Å². The molecule has 0 aromatic heterocycles. The number of carbonyl (C=O) groups is 4. The molecule has 12 nitrogen and oxygen atoms in total. The lowest BCUT2D eigenvalue weighted by molar-refractivity contribution is -0.143. The minimum atomic E-state index is -1.18. The molecule has 0 saturated carbocycles. The Morgan fingerprint density at radius 2 is 1.53 bits per heavy atom. The highest BCUT2D eigenvalue weighted by molar-refractivity contribution is 7.98. The van der Waals surface area contributed by atoms with Crippen molar-refractivity contribution in [2.75, 3.05) is 18.6 Å². The lowest BCUT2D eigenvalue weighted by Crippen LogP contribution is -2.57. The van der Waals surface area contributed by atoms with Gasteiger partial charge in [0, 0.05) is 6.54 Å². The normalized spacial score (nSPS) is 14.0. The van der Waals surface area contributed by atoms with Crippen LogP contribution < -0.4 is 33.2 Å². The van der Waals surface area contributed by atoms with E-state index in [9.17, 15) is 24.3 Å². The molecule has 0 bridgehead atoms. The molecule has 0 saturated heterocycles. The van der Waals surface area contributed by atoms with E-state index >= 15 is 0 Å². The Balaban J connectivity index is 2.99. The van der Waals surface area contributed by atoms with Crippen LogP contribution in [0.2, 0.25) is 0 Å². The maximum atomic E-state index is 13.2. The molecule has 10 N–H and O–H groups in total. The Bertz CT molecular complexity index is 941. The van der Waals surface area contributed by atoms with E-state index in [2.05, 4.69) is 20.9 Å². The molecule has 0 fully saturated rings. The molecule has 1 aromatic rings. The molecule has 0 aliphatic heterocycles. The summed E-state index contributed by atoms with van der Waals surface area (Å²) in [5, 5.41) is 17.3. The van der Waals surface area contributed by atoms with Gasteiger partial charge in [-0.05, 0) is 49.2 Å². The Morgan fingerprint density at radius 1 is 0.947 bits per heavy atom. The second-order valence-electron chi connectivity index (χ2n) is 9.22. The second kappa shape index (κ2) is 17.2. The smallest absolute Gasteiger partial charge is 0.326 e. The zero-order chi connectivity index (χ0) is 28.7. The van der Waals surface area contributed by atoms with E-state index in [1.54, 1.807) is 13.8 Å². The first-order valence-corrected chi connectivity index (χ1v) is 13.8. The first-order valence-electron chi connectivity index (χ1n) is 12.4. The highest BCUT2D eigenvalue weighted by Gasteiger charge is 2.31. The zero-order valence-corrected chi connectivity index (χ0v) is 23.0. The number of nitrogens with one attached hydrogen (secondary N) is 3. The van der Waals surface area contributed by atoms with E-state index < -0.39 is 47.9 Å². The van der Waals surface area contributed by atoms with Crippen molar-refractivity contribution in [3.8, 4) is 0 Å². The van der Waals surface area contributed by atoms with Crippen LogP contribution in [-0.4, -0.2) is 77.5 Å². The molecule has 38 heavy (non-hydrogen) atoms. The predicted octanol–water partition coefficient (Wildman–Crippen LogP) is -0.442. The van der Waals surface area contributed by atoms with Crippen LogP contribution in [0.4, 0.5) is 0 Å². The van der Waals surface area contributed by atoms with Crippen LogP contribution in [0.1, 0.15) is 38.7 Å². The third-order valence-electron chi connectivity index (χ3n) is 5.69. The number of aliphatic carboxylic acids is 1. The molecule has 0 heterocycles. The van der Waals surface area contributed by atoms with Gasteiger partial charge in [0.25, 0.3) is 0 Å². The van der Waals surface area contributed by atoms with Gasteiger partial charge in [0.2, 0.25) is 17.7 Å². The summed E-state index contributed by atoms with van der Waals surface area (Å²) in [6, 6.07) is 5.26. The van der Waals surface area contributed by atoms with E-state index in [-0.39, 0.29) is 24.8 Å². The number of guanidine groups is 1. The SMILES string of the molecule is CSCCC(NC(=O)C(N)Cc1ccccc1)C(=O)NC(CCCN=C(N)N)C(=O)NC(C(=O)O)C(C)C. The highest BCUT2D eigenvalue weighted by atomic mass is 32.2. The highest BCUT2D eigenvalue weighted by Crippen LogP contribution is 2.08. The van der Waals surface area contributed by atoms with Crippen LogP contribution in [0, 0.1) is 5.92 Å². The van der Waals surface area contributed by atoms with Crippen molar-refractivity contribution in [2.24, 2.45) is 28.1 Å². The van der Waals surface area contributed by atoms with Gasteiger partial charge < -0.3 is 38.3 Å². The summed E-state index contributed by atoms with van der Waals surface area (Å²) in [5.74, 6) is -2.81. The molecule has 0 aliphatic carbocycles. The fourth-order valence-electron chi connectivity index (χ4n) is 3.56. The van der Waals surface area contributed by atoms with Gasteiger partial charge in [-0.2, -0.15) is 11.8 Å². The molecular weight excluding hydrogens is 510 g/mol. The number of carbonyl (C=O) groups excluding carboxylic acids is 3. The number of carboxylic acid groups (broad SMARTS) is 1. The predicted molar refractivity (Wildman–Crippen MR) is 149 cm³/mol. The quantitative estimate of drug-likeness (QED) is 0.0757. The standard InChI is InChI=1S/C25H41N7O5S/c1-15(2)20(24(36)37)32-23(35)18(10-7-12-29-25(27)28)31-22(34)19(11-13-38-3)30-21(33)17(26)14-16-8-5-4-6-9-16/h4-6,8-9,15,17-20H,7,10-14,26H2,1-3H3,(H,30,33)(H,31,34)(H,32,35)(H,36,37)(H4,27,28,29). The number of nitrogens with zero attached hydrogens (tertiary/aromatic N) is 1. The maximum Gasteiger partial charge on any atom is 0.326 e. The van der Waals surface area contributed by atoms with E-state index in [1.165, 1.54) is 11.8 Å². The van der Waals surface area contributed by atoms with Crippen LogP contribution in [-0.2, 0) is 25.6 Å². The Morgan fingerprint density at radius 3 is 2.08 bits per heavy atom. The van der Waals surface area contributed by atoms with Crippen LogP contribution in [0.25, 0.3) is 0 Å². The zero-order valence-electron chi connectivity index (χ0n) is 22.2. The van der Waals surface area contributed by atoms with Crippen molar-refractivity contribution < 1.29 is 24.3 Å². The summed E-state index contributed by atoms with van der Waals surface area (Å²) < 4.78 is 0. The Hall–Kier alpha value is -3.32. The first kappa shape index (κ1) is 32.7. The lowest BCUT2D eigenvalue weighted by Gasteiger charge is -2.26. The molecule has 0 aliphatic rings. The van der Waals surface area contributed by atoms with E-state index in [1.807, 2.05) is 36.6 Å². The summed E-state index contributed by atoms with van der Waals surface area (Å²) >= 11 is 1.50. The number of hydrogen-bond acceptors (Lipinski definition) is 7. The summed E-state index contributed by atoms with van der Waals surface area (Å²) in [6.45, 7) is 3.55. The average molecular weight is 552 g/mol. The van der Waals surface area contributed by atoms with Crippen molar-refractivity contribution in [1.82, 2.24) is 16.0 Å². The minimum Gasteiger partial charge on any atom is -0.480 e. The monoisotopic (exact) mass is 551 g/mol. The number of aliphatic imine (C=N–C) groups is 1. The number of carboxylic acids is 1. The van der Waals surface area contributed by atoms with Crippen molar-refractivity contribution in [2.45, 2.75) is 63.7 Å². The summed E-state index contributed by atoms with van der Waals surface area (Å²) in [7, 11) is 0. The molecule has 0 spiro atoms. The summed E-state index contributed by atoms with van der Waals surface area (Å²) in [6.07, 6.45) is 2.97. The molecule has 4 atom stereocenters. The number of thioether (sulfide) groups is 1. The van der Waals surface area contributed by atoms with Crippen molar-refractivity contribution in [3.05, 3.63) is 35.9 Å². The van der Waals surface area contributed by atoms with Gasteiger partial charge in [0.15, 0.2) is 5.96 Å². The summed E-state index contributed by atoms with van der Waals surface area (Å²) in [5.41, 5.74) is 17.7. The largest absolute Gasteiger partial charge is 0.480 e. The van der Waals surface area contributed by atoms with E-state index in [0.29, 0.717) is 25.0 Å². The average Bonchev–Trinajstić information content (AvgIpc) is 2.86. The Labute approximate surface area is 227 Å². The minimum absolute atomic E-state index is 0.104. The van der Waals surface area contributed by atoms with Gasteiger partial charge in [-0.15, -0.1) is 0 Å². The summed E-state index contributed by atoms with van der Waals surface area (Å²) in [4.78, 5) is 54.5. The lowest BCUT2D eigenvalue weighted by atomic mass is 10.0. The van der Waals surface area contributed by atoms with Crippen LogP contribution in [0.3, 0.4) is 0 Å². The van der Waals surface area contributed by atoms with E-state index in [4.69, 9.17) is 17.2 Å². The van der Waals surface area contributed by atoms with Gasteiger partial charge in [-0.1, -0.05) is 44.2 Å². The van der Waals surface area contributed by atoms with Gasteiger partial charge in [0.05, 0.1) is 6.04 Å². The molecule has 3 amide bonds.